The minimum Gasteiger partial charge on any atom is -0.469 e. The fraction of sp³-hybridized carbons (Fsp3) is 0.214. The van der Waals surface area contributed by atoms with Crippen molar-refractivity contribution in [1.29, 1.82) is 0 Å². The molecule has 124 valence electrons. The Morgan fingerprint density at radius 2 is 2.38 bits per heavy atom. The smallest absolute Gasteiger partial charge is 0.236 e. The first-order chi connectivity index (χ1) is 11.7. The Balaban J connectivity index is 1.73. The highest BCUT2D eigenvalue weighted by Crippen LogP contribution is 2.27. The number of rotatable bonds is 7. The van der Waals surface area contributed by atoms with Crippen molar-refractivity contribution in [2.24, 2.45) is 0 Å². The first kappa shape index (κ1) is 16.4. The molecule has 0 fully saturated rings. The van der Waals surface area contributed by atoms with Crippen molar-refractivity contribution in [2.75, 3.05) is 11.1 Å². The van der Waals surface area contributed by atoms with E-state index in [1.54, 1.807) is 17.8 Å². The highest BCUT2D eigenvalue weighted by Gasteiger charge is 2.17. The lowest BCUT2D eigenvalue weighted by molar-refractivity contribution is -0.113. The summed E-state index contributed by atoms with van der Waals surface area (Å²) in [5, 5.41) is 19.6. The van der Waals surface area contributed by atoms with Crippen LogP contribution in [0.25, 0.3) is 11.4 Å². The molecule has 0 unspecified atom stereocenters. The van der Waals surface area contributed by atoms with Crippen molar-refractivity contribution in [2.45, 2.75) is 18.6 Å². The summed E-state index contributed by atoms with van der Waals surface area (Å²) in [6.45, 7) is 6.17. The van der Waals surface area contributed by atoms with E-state index < -0.39 is 0 Å². The molecule has 24 heavy (non-hydrogen) atoms. The third-order valence-electron chi connectivity index (χ3n) is 3.07. The van der Waals surface area contributed by atoms with E-state index in [0.717, 1.165) is 11.3 Å². The van der Waals surface area contributed by atoms with Crippen LogP contribution in [0.1, 0.15) is 5.76 Å². The van der Waals surface area contributed by atoms with Gasteiger partial charge in [0.15, 0.2) is 11.0 Å². The molecular weight excluding hydrogens is 348 g/mol. The second kappa shape index (κ2) is 7.41. The van der Waals surface area contributed by atoms with Gasteiger partial charge in [0, 0.05) is 6.54 Å². The normalized spacial score (nSPS) is 10.7. The Hall–Kier alpha value is -2.46. The Kier molecular flexibility index (Phi) is 5.06. The Bertz CT molecular complexity index is 839. The number of carbonyl (C=O) groups is 1. The zero-order valence-corrected chi connectivity index (χ0v) is 14.4. The molecule has 0 aliphatic carbocycles. The summed E-state index contributed by atoms with van der Waals surface area (Å²) in [5.41, 5.74) is 2.43. The maximum absolute atomic E-state index is 12.0. The fourth-order valence-corrected chi connectivity index (χ4v) is 3.23. The lowest BCUT2D eigenvalue weighted by Gasteiger charge is -2.07. The van der Waals surface area contributed by atoms with E-state index in [4.69, 9.17) is 4.42 Å². The number of hydrogen-bond acceptors (Lipinski definition) is 8. The van der Waals surface area contributed by atoms with Gasteiger partial charge >= 0.3 is 0 Å². The third-order valence-corrected chi connectivity index (χ3v) is 4.64. The molecule has 0 spiro atoms. The van der Waals surface area contributed by atoms with E-state index >= 15 is 0 Å². The first-order valence-electron chi connectivity index (χ1n) is 6.96. The van der Waals surface area contributed by atoms with Gasteiger partial charge in [0.25, 0.3) is 0 Å². The Morgan fingerprint density at radius 1 is 1.50 bits per heavy atom. The quantitative estimate of drug-likeness (QED) is 0.509. The van der Waals surface area contributed by atoms with Gasteiger partial charge in [-0.25, -0.2) is 0 Å². The van der Waals surface area contributed by atoms with Crippen molar-refractivity contribution >= 4 is 34.1 Å². The number of hydrogen-bond donors (Lipinski definition) is 1. The molecule has 10 heteroatoms. The van der Waals surface area contributed by atoms with Crippen LogP contribution in [0.5, 0.6) is 0 Å². The van der Waals surface area contributed by atoms with E-state index in [0.29, 0.717) is 22.7 Å². The molecule has 0 saturated heterocycles. The third kappa shape index (κ3) is 3.54. The molecule has 0 radical (unpaired) electrons. The fourth-order valence-electron chi connectivity index (χ4n) is 2.02. The molecule has 1 N–H and O–H groups in total. The number of furan rings is 1. The highest BCUT2D eigenvalue weighted by atomic mass is 32.2. The summed E-state index contributed by atoms with van der Waals surface area (Å²) in [7, 11) is 0. The standard InChI is InChI=1S/C14H14N6O2S2/c1-3-5-20-12(10-4-6-22-9(10)2)17-19-14(20)23-7-11(21)16-13-18-15-8-24-13/h3-4,6,8H,1,5,7H2,2H3,(H,16,18,21). The number of nitrogens with zero attached hydrogens (tertiary/aromatic N) is 5. The van der Waals surface area contributed by atoms with Gasteiger partial charge in [0.1, 0.15) is 11.3 Å². The minimum atomic E-state index is -0.175. The number of nitrogens with one attached hydrogen (secondary N) is 1. The predicted octanol–water partition coefficient (Wildman–Crippen LogP) is 2.61. The van der Waals surface area contributed by atoms with Gasteiger partial charge in [-0.3, -0.25) is 14.7 Å². The van der Waals surface area contributed by atoms with Crippen molar-refractivity contribution in [1.82, 2.24) is 25.0 Å². The van der Waals surface area contributed by atoms with Crippen LogP contribution in [-0.2, 0) is 11.3 Å². The SMILES string of the molecule is C=CCn1c(SCC(=O)Nc2nncs2)nnc1-c1ccoc1C. The van der Waals surface area contributed by atoms with E-state index in [1.807, 2.05) is 17.6 Å². The summed E-state index contributed by atoms with van der Waals surface area (Å²) in [5.74, 6) is 1.47. The van der Waals surface area contributed by atoms with Gasteiger partial charge in [0.2, 0.25) is 11.0 Å². The number of carbonyl (C=O) groups excluding carboxylic acids is 1. The Labute approximate surface area is 146 Å². The molecule has 0 saturated carbocycles. The summed E-state index contributed by atoms with van der Waals surface area (Å²) in [6.07, 6.45) is 3.37. The second-order valence-corrected chi connectivity index (χ2v) is 6.45. The zero-order chi connectivity index (χ0) is 16.9. The van der Waals surface area contributed by atoms with Crippen LogP contribution in [0.4, 0.5) is 5.13 Å². The second-order valence-electron chi connectivity index (χ2n) is 4.68. The summed E-state index contributed by atoms with van der Waals surface area (Å²) in [4.78, 5) is 12.0. The van der Waals surface area contributed by atoms with Crippen molar-refractivity contribution < 1.29 is 9.21 Å². The average molecular weight is 362 g/mol. The van der Waals surface area contributed by atoms with E-state index in [9.17, 15) is 4.79 Å². The zero-order valence-electron chi connectivity index (χ0n) is 12.8. The molecule has 1 amide bonds. The van der Waals surface area contributed by atoms with Gasteiger partial charge < -0.3 is 4.42 Å². The molecule has 0 atom stereocenters. The summed E-state index contributed by atoms with van der Waals surface area (Å²) < 4.78 is 7.23. The van der Waals surface area contributed by atoms with Crippen LogP contribution < -0.4 is 5.32 Å². The summed E-state index contributed by atoms with van der Waals surface area (Å²) in [6, 6.07) is 1.84. The number of aryl methyl sites for hydroxylation is 1. The topological polar surface area (TPSA) is 98.7 Å². The van der Waals surface area contributed by atoms with Crippen LogP contribution in [0.2, 0.25) is 0 Å². The lowest BCUT2D eigenvalue weighted by atomic mass is 10.2. The van der Waals surface area contributed by atoms with E-state index in [1.165, 1.54) is 23.1 Å². The van der Waals surface area contributed by atoms with Crippen molar-refractivity contribution in [3.8, 4) is 11.4 Å². The monoisotopic (exact) mass is 362 g/mol. The largest absolute Gasteiger partial charge is 0.469 e. The maximum Gasteiger partial charge on any atom is 0.236 e. The van der Waals surface area contributed by atoms with Crippen LogP contribution in [-0.4, -0.2) is 36.6 Å². The predicted molar refractivity (Wildman–Crippen MR) is 91.9 cm³/mol. The Morgan fingerprint density at radius 3 is 3.04 bits per heavy atom. The molecule has 0 aliphatic rings. The first-order valence-corrected chi connectivity index (χ1v) is 8.83. The molecule has 0 aliphatic heterocycles. The molecule has 3 aromatic rings. The number of amides is 1. The van der Waals surface area contributed by atoms with Gasteiger partial charge in [-0.2, -0.15) is 0 Å². The van der Waals surface area contributed by atoms with Gasteiger partial charge in [-0.15, -0.1) is 27.0 Å². The van der Waals surface area contributed by atoms with Crippen molar-refractivity contribution in [3.05, 3.63) is 36.3 Å². The lowest BCUT2D eigenvalue weighted by Crippen LogP contribution is -2.14. The van der Waals surface area contributed by atoms with Crippen molar-refractivity contribution in [3.63, 3.8) is 0 Å². The molecular formula is C14H14N6O2S2. The average Bonchev–Trinajstić information content (AvgIpc) is 3.28. The van der Waals surface area contributed by atoms with E-state index in [2.05, 4.69) is 32.3 Å². The summed E-state index contributed by atoms with van der Waals surface area (Å²) >= 11 is 2.56. The van der Waals surface area contributed by atoms with Crippen LogP contribution in [0.15, 0.2) is 40.1 Å². The number of allylic oxidation sites excluding steroid dienone is 1. The number of anilines is 1. The number of thioether (sulfide) groups is 1. The van der Waals surface area contributed by atoms with Gasteiger partial charge in [-0.05, 0) is 13.0 Å². The van der Waals surface area contributed by atoms with Gasteiger partial charge in [0.05, 0.1) is 17.6 Å². The van der Waals surface area contributed by atoms with Crippen LogP contribution in [0, 0.1) is 6.92 Å². The molecule has 0 aromatic carbocycles. The maximum atomic E-state index is 12.0. The molecule has 8 nitrogen and oxygen atoms in total. The number of aromatic nitrogens is 5. The minimum absolute atomic E-state index is 0.175. The molecule has 3 rings (SSSR count). The van der Waals surface area contributed by atoms with E-state index in [-0.39, 0.29) is 11.7 Å². The highest BCUT2D eigenvalue weighted by molar-refractivity contribution is 7.99. The van der Waals surface area contributed by atoms with Crippen LogP contribution in [0.3, 0.4) is 0 Å². The molecule has 0 bridgehead atoms. The molecule has 3 aromatic heterocycles. The van der Waals surface area contributed by atoms with Crippen LogP contribution >= 0.6 is 23.1 Å². The molecule has 3 heterocycles. The van der Waals surface area contributed by atoms with Gasteiger partial charge in [-0.1, -0.05) is 29.2 Å².